The topological polar surface area (TPSA) is 147 Å². The van der Waals surface area contributed by atoms with E-state index in [1.165, 1.54) is 0 Å². The van der Waals surface area contributed by atoms with Crippen LogP contribution in [0, 0.1) is 0 Å². The van der Waals surface area contributed by atoms with Gasteiger partial charge in [-0.15, -0.1) is 0 Å². The molecule has 10 heteroatoms. The Balaban J connectivity index is 3.15. The zero-order valence-corrected chi connectivity index (χ0v) is 9.35. The molecule has 8 nitrogen and oxygen atoms in total. The summed E-state index contributed by atoms with van der Waals surface area (Å²) >= 11 is 0. The smallest absolute Gasteiger partial charge is 0.404 e. The van der Waals surface area contributed by atoms with E-state index in [-0.39, 0.29) is 11.4 Å². The first kappa shape index (κ1) is 12.9. The molecule has 0 bridgehead atoms. The summed E-state index contributed by atoms with van der Waals surface area (Å²) in [5.74, 6) is -0.307. The average molecular weight is 269 g/mol. The summed E-state index contributed by atoms with van der Waals surface area (Å²) in [5.41, 5.74) is 4.87. The van der Waals surface area contributed by atoms with Crippen LogP contribution in [0.1, 0.15) is 0 Å². The van der Waals surface area contributed by atoms with E-state index in [1.807, 2.05) is 0 Å². The molecule has 16 heavy (non-hydrogen) atoms. The monoisotopic (exact) mass is 269 g/mol. The number of phosphoric ester groups is 1. The Morgan fingerprint density at radius 3 is 2.25 bits per heavy atom. The molecular weight excluding hydrogens is 261 g/mol. The molecular formula is C6H8NO7PS. The molecule has 0 saturated carbocycles. The van der Waals surface area contributed by atoms with E-state index in [9.17, 15) is 13.0 Å². The summed E-state index contributed by atoms with van der Waals surface area (Å²) in [6.07, 6.45) is 0. The van der Waals surface area contributed by atoms with Gasteiger partial charge >= 0.3 is 7.82 Å². The Hall–Kier alpha value is -1.12. The second-order valence-electron chi connectivity index (χ2n) is 2.76. The lowest BCUT2D eigenvalue weighted by atomic mass is 10.3. The Bertz CT molecular complexity index is 548. The summed E-state index contributed by atoms with van der Waals surface area (Å²) < 4.78 is 44.8. The largest absolute Gasteiger partial charge is 0.524 e. The molecule has 0 heterocycles. The van der Waals surface area contributed by atoms with Crippen LogP contribution in [0.2, 0.25) is 0 Å². The van der Waals surface area contributed by atoms with Crippen molar-refractivity contribution in [2.45, 2.75) is 4.90 Å². The molecule has 1 aromatic carbocycles. The third kappa shape index (κ3) is 3.47. The summed E-state index contributed by atoms with van der Waals surface area (Å²) in [4.78, 5) is 16.4. The summed E-state index contributed by atoms with van der Waals surface area (Å²) in [6.45, 7) is 0. The molecule has 0 saturated heterocycles. The third-order valence-corrected chi connectivity index (χ3v) is 2.86. The fourth-order valence-corrected chi connectivity index (χ4v) is 1.94. The van der Waals surface area contributed by atoms with Crippen molar-refractivity contribution in [2.24, 2.45) is 0 Å². The predicted octanol–water partition coefficient (Wildman–Crippen LogP) is -0.0130. The maximum absolute atomic E-state index is 10.7. The number of hydrogen-bond donors (Lipinski definition) is 4. The predicted molar refractivity (Wildman–Crippen MR) is 53.3 cm³/mol. The van der Waals surface area contributed by atoms with Crippen molar-refractivity contribution in [3.8, 4) is 5.75 Å². The second kappa shape index (κ2) is 4.04. The van der Waals surface area contributed by atoms with Gasteiger partial charge in [0.05, 0.1) is 5.69 Å². The number of benzene rings is 1. The van der Waals surface area contributed by atoms with E-state index in [0.717, 1.165) is 18.2 Å². The van der Waals surface area contributed by atoms with Crippen LogP contribution in [-0.4, -0.2) is 22.8 Å². The maximum atomic E-state index is 10.7. The van der Waals surface area contributed by atoms with Crippen molar-refractivity contribution in [1.29, 1.82) is 0 Å². The quantitative estimate of drug-likeness (QED) is 0.340. The molecule has 0 aliphatic heterocycles. The van der Waals surface area contributed by atoms with Crippen molar-refractivity contribution in [2.75, 3.05) is 5.73 Å². The first-order valence-corrected chi connectivity index (χ1v) is 6.69. The van der Waals surface area contributed by atoms with Gasteiger partial charge < -0.3 is 10.3 Å². The highest BCUT2D eigenvalue weighted by Gasteiger charge is 2.19. The highest BCUT2D eigenvalue weighted by Crippen LogP contribution is 2.38. The molecule has 5 N–H and O–H groups in total. The van der Waals surface area contributed by atoms with Gasteiger partial charge in [0.1, 0.15) is 10.6 Å². The minimum atomic E-state index is -4.73. The molecule has 0 fully saturated rings. The van der Waals surface area contributed by atoms with Crippen LogP contribution in [-0.2, 0) is 14.7 Å². The normalized spacial score (nSPS) is 12.4. The van der Waals surface area contributed by atoms with Gasteiger partial charge in [0, 0.05) is 6.07 Å². The van der Waals surface area contributed by atoms with Gasteiger partial charge in [0.25, 0.3) is 10.1 Å². The molecule has 0 radical (unpaired) electrons. The van der Waals surface area contributed by atoms with E-state index < -0.39 is 22.8 Å². The molecule has 0 atom stereocenters. The van der Waals surface area contributed by atoms with Crippen LogP contribution in [0.4, 0.5) is 5.69 Å². The maximum Gasteiger partial charge on any atom is 0.524 e. The standard InChI is InChI=1S/C6H8NO7PS/c7-5-3-4(14-15(8,9)10)1-2-6(5)16(11,12)13/h1-3H,7H2,(H2,8,9,10)(H,11,12,13). The summed E-state index contributed by atoms with van der Waals surface area (Å²) in [7, 11) is -9.20. The Kier molecular flexibility index (Phi) is 3.27. The molecule has 0 unspecified atom stereocenters. The minimum Gasteiger partial charge on any atom is -0.404 e. The van der Waals surface area contributed by atoms with Gasteiger partial charge in [0.2, 0.25) is 0 Å². The van der Waals surface area contributed by atoms with Gasteiger partial charge in [-0.3, -0.25) is 14.3 Å². The number of nitrogens with two attached hydrogens (primary N) is 1. The van der Waals surface area contributed by atoms with Crippen LogP contribution in [0.3, 0.4) is 0 Å². The van der Waals surface area contributed by atoms with Crippen LogP contribution in [0.25, 0.3) is 0 Å². The molecule has 1 rings (SSSR count). The molecule has 0 aliphatic carbocycles. The van der Waals surface area contributed by atoms with Gasteiger partial charge in [-0.1, -0.05) is 0 Å². The zero-order valence-electron chi connectivity index (χ0n) is 7.64. The number of nitrogen functional groups attached to an aromatic ring is 1. The Morgan fingerprint density at radius 2 is 1.88 bits per heavy atom. The van der Waals surface area contributed by atoms with E-state index in [2.05, 4.69) is 4.52 Å². The number of hydrogen-bond acceptors (Lipinski definition) is 5. The summed E-state index contributed by atoms with van der Waals surface area (Å²) in [6, 6.07) is 2.70. The molecule has 90 valence electrons. The van der Waals surface area contributed by atoms with Gasteiger partial charge in [-0.2, -0.15) is 8.42 Å². The highest BCUT2D eigenvalue weighted by molar-refractivity contribution is 7.86. The average Bonchev–Trinajstić information content (AvgIpc) is 1.97. The van der Waals surface area contributed by atoms with E-state index in [4.69, 9.17) is 20.1 Å². The van der Waals surface area contributed by atoms with Crippen LogP contribution in [0.15, 0.2) is 23.1 Å². The SMILES string of the molecule is Nc1cc(OP(=O)(O)O)ccc1S(=O)(=O)O. The summed E-state index contributed by atoms with van der Waals surface area (Å²) in [5, 5.41) is 0. The number of anilines is 1. The lowest BCUT2D eigenvalue weighted by Crippen LogP contribution is -2.03. The first-order chi connectivity index (χ1) is 7.09. The fourth-order valence-electron chi connectivity index (χ4n) is 0.956. The van der Waals surface area contributed by atoms with Crippen molar-refractivity contribution in [3.63, 3.8) is 0 Å². The molecule has 0 spiro atoms. The molecule has 0 aromatic heterocycles. The second-order valence-corrected chi connectivity index (χ2v) is 5.31. The Morgan fingerprint density at radius 1 is 1.31 bits per heavy atom. The third-order valence-electron chi connectivity index (χ3n) is 1.48. The van der Waals surface area contributed by atoms with Crippen molar-refractivity contribution >= 4 is 23.6 Å². The fraction of sp³-hybridized carbons (Fsp3) is 0. The van der Waals surface area contributed by atoms with Crippen LogP contribution in [0.5, 0.6) is 5.75 Å². The van der Waals surface area contributed by atoms with Crippen LogP contribution < -0.4 is 10.3 Å². The van der Waals surface area contributed by atoms with Gasteiger partial charge in [0.15, 0.2) is 0 Å². The van der Waals surface area contributed by atoms with Gasteiger partial charge in [-0.05, 0) is 12.1 Å². The Labute approximate surface area is 90.7 Å². The first-order valence-electron chi connectivity index (χ1n) is 3.72. The van der Waals surface area contributed by atoms with Crippen molar-refractivity contribution < 1.29 is 31.8 Å². The molecule has 0 amide bonds. The van der Waals surface area contributed by atoms with Crippen molar-refractivity contribution in [1.82, 2.24) is 0 Å². The van der Waals surface area contributed by atoms with Crippen LogP contribution >= 0.6 is 7.82 Å². The van der Waals surface area contributed by atoms with E-state index in [1.54, 1.807) is 0 Å². The lowest BCUT2D eigenvalue weighted by molar-refractivity contribution is 0.283. The molecule has 0 aliphatic rings. The lowest BCUT2D eigenvalue weighted by Gasteiger charge is -2.08. The van der Waals surface area contributed by atoms with E-state index in [0.29, 0.717) is 0 Å². The minimum absolute atomic E-state index is 0.307. The van der Waals surface area contributed by atoms with Gasteiger partial charge in [-0.25, -0.2) is 4.57 Å². The highest BCUT2D eigenvalue weighted by atomic mass is 32.2. The number of rotatable bonds is 3. The molecule has 1 aromatic rings. The zero-order chi connectivity index (χ0) is 12.6. The van der Waals surface area contributed by atoms with E-state index >= 15 is 0 Å². The van der Waals surface area contributed by atoms with Crippen molar-refractivity contribution in [3.05, 3.63) is 18.2 Å². The number of phosphoric acid groups is 1.